The van der Waals surface area contributed by atoms with E-state index in [0.29, 0.717) is 36.0 Å². The van der Waals surface area contributed by atoms with Gasteiger partial charge in [0.25, 0.3) is 0 Å². The molecule has 2 fully saturated rings. The number of amides is 2. The van der Waals surface area contributed by atoms with Crippen LogP contribution < -0.4 is 0 Å². The predicted octanol–water partition coefficient (Wildman–Crippen LogP) is 2.64. The Kier molecular flexibility index (Phi) is 5.07. The van der Waals surface area contributed by atoms with Gasteiger partial charge in [-0.2, -0.15) is 10.2 Å². The molecule has 28 heavy (non-hydrogen) atoms. The molecule has 0 bridgehead atoms. The largest absolute Gasteiger partial charge is 0.330 e. The number of rotatable bonds is 4. The predicted molar refractivity (Wildman–Crippen MR) is 101 cm³/mol. The van der Waals surface area contributed by atoms with E-state index in [4.69, 9.17) is 0 Å². The number of hydrogen-bond donors (Lipinski definition) is 0. The molecule has 2 atom stereocenters. The third kappa shape index (κ3) is 3.61. The van der Waals surface area contributed by atoms with Gasteiger partial charge in [-0.25, -0.2) is 4.39 Å². The van der Waals surface area contributed by atoms with Gasteiger partial charge in [0.05, 0.1) is 17.9 Å². The minimum absolute atomic E-state index is 0.188. The highest BCUT2D eigenvalue weighted by Crippen LogP contribution is 2.30. The summed E-state index contributed by atoms with van der Waals surface area (Å²) in [5.41, 5.74) is 1.39. The third-order valence-corrected chi connectivity index (χ3v) is 5.67. The van der Waals surface area contributed by atoms with Crippen molar-refractivity contribution in [2.24, 2.45) is 5.92 Å². The molecule has 1 aromatic carbocycles. The first-order valence-electron chi connectivity index (χ1n) is 9.70. The van der Waals surface area contributed by atoms with Gasteiger partial charge in [0.1, 0.15) is 5.82 Å². The van der Waals surface area contributed by atoms with Crippen LogP contribution in [0.15, 0.2) is 36.4 Å². The zero-order valence-corrected chi connectivity index (χ0v) is 15.8. The van der Waals surface area contributed by atoms with E-state index in [0.717, 1.165) is 19.3 Å². The molecule has 7 heteroatoms. The summed E-state index contributed by atoms with van der Waals surface area (Å²) in [7, 11) is 0. The molecule has 2 aliphatic rings. The first kappa shape index (κ1) is 18.5. The van der Waals surface area contributed by atoms with Crippen molar-refractivity contribution in [1.29, 1.82) is 0 Å². The molecular formula is C21H23FN4O2. The summed E-state index contributed by atoms with van der Waals surface area (Å²) in [6, 6.07) is 9.97. The van der Waals surface area contributed by atoms with Gasteiger partial charge in [0.2, 0.25) is 0 Å². The lowest BCUT2D eigenvalue weighted by Gasteiger charge is -2.37. The normalized spacial score (nSPS) is 22.8. The van der Waals surface area contributed by atoms with Crippen LogP contribution in [0.3, 0.4) is 0 Å². The van der Waals surface area contributed by atoms with Gasteiger partial charge in [-0.05, 0) is 49.4 Å². The molecule has 1 saturated carbocycles. The van der Waals surface area contributed by atoms with E-state index in [1.807, 2.05) is 0 Å². The Morgan fingerprint density at radius 2 is 1.86 bits per heavy atom. The van der Waals surface area contributed by atoms with Crippen molar-refractivity contribution in [3.8, 4) is 11.3 Å². The van der Waals surface area contributed by atoms with Crippen molar-refractivity contribution >= 4 is 11.8 Å². The van der Waals surface area contributed by atoms with Gasteiger partial charge >= 0.3 is 11.8 Å². The second-order valence-corrected chi connectivity index (χ2v) is 7.69. The van der Waals surface area contributed by atoms with Crippen molar-refractivity contribution in [1.82, 2.24) is 20.0 Å². The zero-order valence-electron chi connectivity index (χ0n) is 15.8. The average Bonchev–Trinajstić information content (AvgIpc) is 3.13. The fourth-order valence-electron chi connectivity index (χ4n) is 4.10. The number of aromatic nitrogens is 2. The van der Waals surface area contributed by atoms with Crippen molar-refractivity contribution in [3.05, 3.63) is 47.9 Å². The average molecular weight is 382 g/mol. The van der Waals surface area contributed by atoms with E-state index in [1.165, 1.54) is 11.0 Å². The van der Waals surface area contributed by atoms with E-state index in [9.17, 15) is 14.0 Å². The molecule has 0 unspecified atom stereocenters. The van der Waals surface area contributed by atoms with Gasteiger partial charge < -0.3 is 9.80 Å². The van der Waals surface area contributed by atoms with Gasteiger partial charge in [-0.1, -0.05) is 19.1 Å². The number of carbonyl (C=O) groups is 2. The van der Waals surface area contributed by atoms with Crippen LogP contribution in [0.1, 0.15) is 31.9 Å². The topological polar surface area (TPSA) is 66.4 Å². The third-order valence-electron chi connectivity index (χ3n) is 5.67. The fraction of sp³-hybridized carbons (Fsp3) is 0.429. The molecule has 146 valence electrons. The molecule has 2 aromatic rings. The standard InChI is InChI=1S/C21H23FN4O2/c1-14-6-8-16(12-14)26-11-10-25(20(27)21(26)28)13-15-7-9-19(24-23-15)17-4-2-3-5-18(17)22/h2-5,7,9,14,16H,6,8,10-13H2,1H3/t14-,16-/m0/s1. The quantitative estimate of drug-likeness (QED) is 0.763. The number of nitrogens with zero attached hydrogens (tertiary/aromatic N) is 4. The maximum Gasteiger partial charge on any atom is 0.312 e. The van der Waals surface area contributed by atoms with E-state index >= 15 is 0 Å². The highest BCUT2D eigenvalue weighted by Gasteiger charge is 2.38. The summed E-state index contributed by atoms with van der Waals surface area (Å²) in [6.07, 6.45) is 3.06. The Morgan fingerprint density at radius 3 is 2.54 bits per heavy atom. The summed E-state index contributed by atoms with van der Waals surface area (Å²) in [4.78, 5) is 28.4. The number of piperazine rings is 1. The molecule has 4 rings (SSSR count). The lowest BCUT2D eigenvalue weighted by atomic mass is 10.1. The Balaban J connectivity index is 1.42. The van der Waals surface area contributed by atoms with Crippen LogP contribution in [-0.2, 0) is 16.1 Å². The first-order valence-corrected chi connectivity index (χ1v) is 9.70. The summed E-state index contributed by atoms with van der Waals surface area (Å²) in [5, 5.41) is 8.20. The maximum atomic E-state index is 13.9. The van der Waals surface area contributed by atoms with Crippen molar-refractivity contribution in [2.75, 3.05) is 13.1 Å². The Hall–Kier alpha value is -2.83. The molecule has 1 aliphatic heterocycles. The molecule has 2 amide bonds. The molecule has 0 radical (unpaired) electrons. The van der Waals surface area contributed by atoms with Gasteiger partial charge in [0, 0.05) is 24.7 Å². The van der Waals surface area contributed by atoms with Gasteiger partial charge in [-0.15, -0.1) is 0 Å². The summed E-state index contributed by atoms with van der Waals surface area (Å²) in [6.45, 7) is 3.46. The monoisotopic (exact) mass is 382 g/mol. The minimum atomic E-state index is -0.481. The smallest absolute Gasteiger partial charge is 0.312 e. The van der Waals surface area contributed by atoms with E-state index in [2.05, 4.69) is 17.1 Å². The van der Waals surface area contributed by atoms with Gasteiger partial charge in [0.15, 0.2) is 0 Å². The summed E-state index contributed by atoms with van der Waals surface area (Å²) in [5.74, 6) is -0.649. The lowest BCUT2D eigenvalue weighted by Crippen LogP contribution is -2.56. The fourth-order valence-corrected chi connectivity index (χ4v) is 4.10. The second kappa shape index (κ2) is 7.66. The second-order valence-electron chi connectivity index (χ2n) is 7.69. The van der Waals surface area contributed by atoms with Crippen LogP contribution in [0.5, 0.6) is 0 Å². The summed E-state index contributed by atoms with van der Waals surface area (Å²) >= 11 is 0. The molecule has 1 aliphatic carbocycles. The first-order chi connectivity index (χ1) is 13.5. The Bertz CT molecular complexity index is 886. The van der Waals surface area contributed by atoms with Gasteiger partial charge in [-0.3, -0.25) is 9.59 Å². The SMILES string of the molecule is C[C@H]1CC[C@H](N2CCN(Cc3ccc(-c4ccccc4F)nn3)C(=O)C2=O)C1. The zero-order chi connectivity index (χ0) is 19.7. The molecule has 1 saturated heterocycles. The van der Waals surface area contributed by atoms with Crippen molar-refractivity contribution in [2.45, 2.75) is 38.8 Å². The highest BCUT2D eigenvalue weighted by atomic mass is 19.1. The van der Waals surface area contributed by atoms with Crippen molar-refractivity contribution < 1.29 is 14.0 Å². The van der Waals surface area contributed by atoms with Crippen LogP contribution in [0.2, 0.25) is 0 Å². The molecule has 6 nitrogen and oxygen atoms in total. The van der Waals surface area contributed by atoms with Crippen LogP contribution in [0.4, 0.5) is 4.39 Å². The molecular weight excluding hydrogens is 359 g/mol. The van der Waals surface area contributed by atoms with Crippen LogP contribution in [0.25, 0.3) is 11.3 Å². The molecule has 0 N–H and O–H groups in total. The molecule has 0 spiro atoms. The van der Waals surface area contributed by atoms with E-state index in [1.54, 1.807) is 35.2 Å². The molecule has 2 heterocycles. The summed E-state index contributed by atoms with van der Waals surface area (Å²) < 4.78 is 13.9. The van der Waals surface area contributed by atoms with E-state index < -0.39 is 11.8 Å². The van der Waals surface area contributed by atoms with Crippen molar-refractivity contribution in [3.63, 3.8) is 0 Å². The number of halogens is 1. The number of hydrogen-bond acceptors (Lipinski definition) is 4. The Morgan fingerprint density at radius 1 is 1.04 bits per heavy atom. The number of carbonyl (C=O) groups excluding carboxylic acids is 2. The van der Waals surface area contributed by atoms with Crippen LogP contribution in [-0.4, -0.2) is 50.9 Å². The maximum absolute atomic E-state index is 13.9. The number of benzene rings is 1. The van der Waals surface area contributed by atoms with Crippen LogP contribution in [0, 0.1) is 11.7 Å². The molecule has 1 aromatic heterocycles. The van der Waals surface area contributed by atoms with E-state index in [-0.39, 0.29) is 18.4 Å². The minimum Gasteiger partial charge on any atom is -0.330 e. The Labute approximate surface area is 163 Å². The lowest BCUT2D eigenvalue weighted by molar-refractivity contribution is -0.158. The highest BCUT2D eigenvalue weighted by molar-refractivity contribution is 6.35. The van der Waals surface area contributed by atoms with Crippen LogP contribution >= 0.6 is 0 Å².